The van der Waals surface area contributed by atoms with Crippen molar-refractivity contribution in [2.24, 2.45) is 0 Å². The van der Waals surface area contributed by atoms with Crippen LogP contribution in [0.25, 0.3) is 11.3 Å². The lowest BCUT2D eigenvalue weighted by molar-refractivity contribution is 0.495. The van der Waals surface area contributed by atoms with Crippen LogP contribution in [0.15, 0.2) is 65.4 Å². The molecule has 0 bridgehead atoms. The third kappa shape index (κ3) is 3.17. The van der Waals surface area contributed by atoms with Crippen LogP contribution in [0.3, 0.4) is 0 Å². The lowest BCUT2D eigenvalue weighted by Crippen LogP contribution is -2.41. The standard InChI is InChI=1S/C20H19BrN4/c1-25(20-16-5-3-2-4-14(16)10-13-23-20)18-7-6-17(21)19(24-18)15-8-11-22-12-9-15/h2-9,11-12,20,23H,10,13H2,1H3. The molecule has 0 radical (unpaired) electrons. The van der Waals surface area contributed by atoms with Crippen LogP contribution in [0.5, 0.6) is 0 Å². The summed E-state index contributed by atoms with van der Waals surface area (Å²) in [6.45, 7) is 0.972. The molecule has 1 unspecified atom stereocenters. The van der Waals surface area contributed by atoms with Crippen molar-refractivity contribution < 1.29 is 0 Å². The molecule has 1 aromatic carbocycles. The van der Waals surface area contributed by atoms with Crippen molar-refractivity contribution in [3.8, 4) is 11.3 Å². The van der Waals surface area contributed by atoms with Crippen LogP contribution in [0, 0.1) is 0 Å². The molecule has 0 amide bonds. The molecule has 25 heavy (non-hydrogen) atoms. The van der Waals surface area contributed by atoms with Gasteiger partial charge in [0.2, 0.25) is 0 Å². The number of hydrogen-bond acceptors (Lipinski definition) is 4. The first-order valence-electron chi connectivity index (χ1n) is 8.35. The first-order chi connectivity index (χ1) is 12.2. The Morgan fingerprint density at radius 2 is 1.88 bits per heavy atom. The molecule has 1 aliphatic rings. The smallest absolute Gasteiger partial charge is 0.130 e. The van der Waals surface area contributed by atoms with E-state index in [1.54, 1.807) is 12.4 Å². The average molecular weight is 395 g/mol. The number of halogens is 1. The number of benzene rings is 1. The maximum atomic E-state index is 4.90. The minimum atomic E-state index is 0.129. The molecular weight excluding hydrogens is 376 g/mol. The number of nitrogens with one attached hydrogen (secondary N) is 1. The second-order valence-corrected chi connectivity index (χ2v) is 7.01. The van der Waals surface area contributed by atoms with Crippen LogP contribution >= 0.6 is 15.9 Å². The van der Waals surface area contributed by atoms with Gasteiger partial charge < -0.3 is 4.90 Å². The van der Waals surface area contributed by atoms with E-state index in [1.807, 2.05) is 18.2 Å². The second-order valence-electron chi connectivity index (χ2n) is 6.15. The normalized spacial score (nSPS) is 16.3. The quantitative estimate of drug-likeness (QED) is 0.722. The summed E-state index contributed by atoms with van der Waals surface area (Å²) in [5.74, 6) is 0.934. The van der Waals surface area contributed by atoms with Crippen LogP contribution in [-0.4, -0.2) is 23.6 Å². The van der Waals surface area contributed by atoms with Crippen LogP contribution in [0.2, 0.25) is 0 Å². The van der Waals surface area contributed by atoms with E-state index in [-0.39, 0.29) is 6.17 Å². The minimum absolute atomic E-state index is 0.129. The van der Waals surface area contributed by atoms with Crippen LogP contribution in [-0.2, 0) is 6.42 Å². The predicted octanol–water partition coefficient (Wildman–Crippen LogP) is 4.19. The number of nitrogens with zero attached hydrogens (tertiary/aromatic N) is 3. The first-order valence-corrected chi connectivity index (χ1v) is 9.14. The van der Waals surface area contributed by atoms with Gasteiger partial charge in [0.25, 0.3) is 0 Å². The van der Waals surface area contributed by atoms with Crippen molar-refractivity contribution in [1.29, 1.82) is 0 Å². The Morgan fingerprint density at radius 3 is 2.72 bits per heavy atom. The largest absolute Gasteiger partial charge is 0.340 e. The molecule has 4 nitrogen and oxygen atoms in total. The zero-order valence-corrected chi connectivity index (χ0v) is 15.6. The maximum absolute atomic E-state index is 4.90. The molecule has 0 aliphatic carbocycles. The Labute approximate surface area is 156 Å². The predicted molar refractivity (Wildman–Crippen MR) is 104 cm³/mol. The molecule has 3 aromatic rings. The summed E-state index contributed by atoms with van der Waals surface area (Å²) >= 11 is 3.62. The third-order valence-electron chi connectivity index (χ3n) is 4.62. The van der Waals surface area contributed by atoms with E-state index < -0.39 is 0 Å². The van der Waals surface area contributed by atoms with E-state index in [0.717, 1.165) is 34.5 Å². The Balaban J connectivity index is 1.71. The summed E-state index contributed by atoms with van der Waals surface area (Å²) in [6, 6.07) is 16.7. The molecule has 0 saturated carbocycles. The molecule has 2 aromatic heterocycles. The van der Waals surface area contributed by atoms with Gasteiger partial charge in [-0.2, -0.15) is 0 Å². The number of rotatable bonds is 3. The Hall–Kier alpha value is -2.24. The molecule has 1 atom stereocenters. The number of fused-ring (bicyclic) bond motifs is 1. The van der Waals surface area contributed by atoms with Crippen molar-refractivity contribution in [3.63, 3.8) is 0 Å². The molecule has 3 heterocycles. The highest BCUT2D eigenvalue weighted by Gasteiger charge is 2.24. The minimum Gasteiger partial charge on any atom is -0.340 e. The van der Waals surface area contributed by atoms with Gasteiger partial charge in [0.15, 0.2) is 0 Å². The van der Waals surface area contributed by atoms with Gasteiger partial charge in [-0.3, -0.25) is 10.3 Å². The van der Waals surface area contributed by atoms with Gasteiger partial charge in [-0.05, 0) is 57.7 Å². The number of pyridine rings is 2. The molecule has 0 saturated heterocycles. The fraction of sp³-hybridized carbons (Fsp3) is 0.200. The molecule has 1 N–H and O–H groups in total. The van der Waals surface area contributed by atoms with Gasteiger partial charge in [0.05, 0.1) is 5.69 Å². The summed E-state index contributed by atoms with van der Waals surface area (Å²) < 4.78 is 0.979. The second kappa shape index (κ2) is 6.94. The third-order valence-corrected chi connectivity index (χ3v) is 5.26. The molecule has 0 fully saturated rings. The lowest BCUT2D eigenvalue weighted by Gasteiger charge is -2.35. The summed E-state index contributed by atoms with van der Waals surface area (Å²) in [7, 11) is 2.09. The average Bonchev–Trinajstić information content (AvgIpc) is 2.68. The van der Waals surface area contributed by atoms with Gasteiger partial charge in [-0.25, -0.2) is 4.98 Å². The van der Waals surface area contributed by atoms with E-state index in [9.17, 15) is 0 Å². The highest BCUT2D eigenvalue weighted by molar-refractivity contribution is 9.10. The van der Waals surface area contributed by atoms with Gasteiger partial charge in [-0.15, -0.1) is 0 Å². The monoisotopic (exact) mass is 394 g/mol. The topological polar surface area (TPSA) is 41.1 Å². The molecule has 5 heteroatoms. The Bertz CT molecular complexity index is 882. The highest BCUT2D eigenvalue weighted by atomic mass is 79.9. The van der Waals surface area contributed by atoms with E-state index >= 15 is 0 Å². The molecule has 126 valence electrons. The first kappa shape index (κ1) is 16.2. The van der Waals surface area contributed by atoms with Gasteiger partial charge in [-0.1, -0.05) is 24.3 Å². The van der Waals surface area contributed by atoms with Crippen molar-refractivity contribution >= 4 is 21.7 Å². The summed E-state index contributed by atoms with van der Waals surface area (Å²) in [6.07, 6.45) is 4.78. The number of anilines is 1. The van der Waals surface area contributed by atoms with E-state index in [0.29, 0.717) is 0 Å². The van der Waals surface area contributed by atoms with Gasteiger partial charge >= 0.3 is 0 Å². The van der Waals surface area contributed by atoms with Crippen molar-refractivity contribution in [3.05, 3.63) is 76.5 Å². The van der Waals surface area contributed by atoms with Crippen LogP contribution < -0.4 is 10.2 Å². The van der Waals surface area contributed by atoms with Gasteiger partial charge in [0, 0.05) is 36.0 Å². The van der Waals surface area contributed by atoms with Crippen LogP contribution in [0.4, 0.5) is 5.82 Å². The van der Waals surface area contributed by atoms with Crippen molar-refractivity contribution in [2.75, 3.05) is 18.5 Å². The fourth-order valence-corrected chi connectivity index (χ4v) is 3.75. The Kier molecular flexibility index (Phi) is 4.51. The Morgan fingerprint density at radius 1 is 1.08 bits per heavy atom. The zero-order chi connectivity index (χ0) is 17.2. The molecular formula is C20H19BrN4. The summed E-state index contributed by atoms with van der Waals surface area (Å²) in [5, 5.41) is 3.61. The zero-order valence-electron chi connectivity index (χ0n) is 14.0. The SMILES string of the molecule is CN(c1ccc(Br)c(-c2ccncc2)n1)C1NCCc2ccccc21. The molecule has 4 rings (SSSR count). The molecule has 0 spiro atoms. The fourth-order valence-electron chi connectivity index (χ4n) is 3.30. The lowest BCUT2D eigenvalue weighted by atomic mass is 9.98. The van der Waals surface area contributed by atoms with Crippen molar-refractivity contribution in [1.82, 2.24) is 15.3 Å². The van der Waals surface area contributed by atoms with Crippen LogP contribution in [0.1, 0.15) is 17.3 Å². The van der Waals surface area contributed by atoms with E-state index in [4.69, 9.17) is 4.98 Å². The van der Waals surface area contributed by atoms with Crippen molar-refractivity contribution in [2.45, 2.75) is 12.6 Å². The van der Waals surface area contributed by atoms with E-state index in [1.165, 1.54) is 11.1 Å². The van der Waals surface area contributed by atoms with Gasteiger partial charge in [0.1, 0.15) is 12.0 Å². The van der Waals surface area contributed by atoms with E-state index in [2.05, 4.69) is 68.5 Å². The summed E-state index contributed by atoms with van der Waals surface area (Å²) in [4.78, 5) is 11.2. The molecule has 1 aliphatic heterocycles. The number of hydrogen-bond donors (Lipinski definition) is 1. The number of aromatic nitrogens is 2. The highest BCUT2D eigenvalue weighted by Crippen LogP contribution is 2.32. The summed E-state index contributed by atoms with van der Waals surface area (Å²) in [5.41, 5.74) is 4.71. The maximum Gasteiger partial charge on any atom is 0.130 e.